The number of benzene rings is 4. The fraction of sp³-hybridized carbons (Fsp3) is 0.0714. The lowest BCUT2D eigenvalue weighted by atomic mass is 10.0. The number of rotatable bonds is 6. The van der Waals surface area contributed by atoms with E-state index in [1.807, 2.05) is 55.5 Å². The zero-order chi connectivity index (χ0) is 25.1. The van der Waals surface area contributed by atoms with Gasteiger partial charge in [-0.05, 0) is 54.1 Å². The van der Waals surface area contributed by atoms with Crippen LogP contribution in [0.4, 0.5) is 0 Å². The van der Waals surface area contributed by atoms with Gasteiger partial charge in [0.05, 0.1) is 28.1 Å². The van der Waals surface area contributed by atoms with Crippen LogP contribution in [-0.4, -0.2) is 26.9 Å². The van der Waals surface area contributed by atoms with Gasteiger partial charge in [-0.1, -0.05) is 78.0 Å². The SMILES string of the molecule is CC(=NNC(=O)CSc1nc2ccccc2c(=O)n1-c1ccc(Cl)cc1)c1cccc2ccccc12. The highest BCUT2D eigenvalue weighted by Crippen LogP contribution is 2.23. The molecule has 6 nitrogen and oxygen atoms in total. The molecule has 0 bridgehead atoms. The maximum Gasteiger partial charge on any atom is 0.266 e. The Morgan fingerprint density at radius 3 is 2.44 bits per heavy atom. The van der Waals surface area contributed by atoms with E-state index >= 15 is 0 Å². The van der Waals surface area contributed by atoms with Gasteiger partial charge >= 0.3 is 0 Å². The van der Waals surface area contributed by atoms with Crippen molar-refractivity contribution in [1.82, 2.24) is 15.0 Å². The lowest BCUT2D eigenvalue weighted by Gasteiger charge is -2.13. The highest BCUT2D eigenvalue weighted by Gasteiger charge is 2.15. The summed E-state index contributed by atoms with van der Waals surface area (Å²) in [4.78, 5) is 30.7. The van der Waals surface area contributed by atoms with E-state index in [4.69, 9.17) is 11.6 Å². The summed E-state index contributed by atoms with van der Waals surface area (Å²) < 4.78 is 1.50. The zero-order valence-corrected chi connectivity index (χ0v) is 20.9. The number of halogens is 1. The summed E-state index contributed by atoms with van der Waals surface area (Å²) in [7, 11) is 0. The number of carbonyl (C=O) groups excluding carboxylic acids is 1. The van der Waals surface area contributed by atoms with Gasteiger partial charge in [0, 0.05) is 10.6 Å². The molecule has 0 fully saturated rings. The number of aromatic nitrogens is 2. The van der Waals surface area contributed by atoms with Gasteiger partial charge in [-0.2, -0.15) is 5.10 Å². The Morgan fingerprint density at radius 2 is 1.64 bits per heavy atom. The van der Waals surface area contributed by atoms with Gasteiger partial charge in [0.1, 0.15) is 0 Å². The van der Waals surface area contributed by atoms with Gasteiger partial charge in [-0.25, -0.2) is 10.4 Å². The maximum atomic E-state index is 13.3. The lowest BCUT2D eigenvalue weighted by Crippen LogP contribution is -2.24. The van der Waals surface area contributed by atoms with Crippen LogP contribution in [0.2, 0.25) is 5.02 Å². The molecule has 1 aromatic heterocycles. The molecule has 8 heteroatoms. The van der Waals surface area contributed by atoms with Crippen molar-refractivity contribution in [3.05, 3.63) is 112 Å². The van der Waals surface area contributed by atoms with E-state index in [0.717, 1.165) is 16.3 Å². The Labute approximate surface area is 216 Å². The van der Waals surface area contributed by atoms with Crippen LogP contribution in [0.1, 0.15) is 12.5 Å². The summed E-state index contributed by atoms with van der Waals surface area (Å²) in [5.74, 6) is -0.269. The molecule has 178 valence electrons. The van der Waals surface area contributed by atoms with Gasteiger partial charge < -0.3 is 0 Å². The second-order valence-corrected chi connectivity index (χ2v) is 9.46. The minimum atomic E-state index is -0.301. The van der Waals surface area contributed by atoms with Crippen LogP contribution in [0.15, 0.2) is 106 Å². The minimum Gasteiger partial charge on any atom is -0.272 e. The minimum absolute atomic E-state index is 0.0324. The first-order valence-corrected chi connectivity index (χ1v) is 12.6. The monoisotopic (exact) mass is 512 g/mol. The van der Waals surface area contributed by atoms with Crippen LogP contribution in [0.25, 0.3) is 27.4 Å². The average molecular weight is 513 g/mol. The number of carbonyl (C=O) groups is 1. The molecular weight excluding hydrogens is 492 g/mol. The summed E-state index contributed by atoms with van der Waals surface area (Å²) in [5.41, 5.74) is 5.26. The topological polar surface area (TPSA) is 76.3 Å². The standard InChI is InChI=1S/C28H21ClN4O2S/c1-18(22-11-6-8-19-7-2-3-9-23(19)22)31-32-26(34)17-36-28-30-25-12-5-4-10-24(25)27(35)33(28)21-15-13-20(29)14-16-21/h2-16H,17H2,1H3,(H,32,34). The predicted molar refractivity (Wildman–Crippen MR) is 147 cm³/mol. The van der Waals surface area contributed by atoms with Crippen molar-refractivity contribution >= 4 is 56.7 Å². The summed E-state index contributed by atoms with van der Waals surface area (Å²) in [6.45, 7) is 1.86. The van der Waals surface area contributed by atoms with Crippen LogP contribution in [0.3, 0.4) is 0 Å². The number of nitrogens with zero attached hydrogens (tertiary/aromatic N) is 3. The van der Waals surface area contributed by atoms with Crippen molar-refractivity contribution in [2.24, 2.45) is 5.10 Å². The van der Waals surface area contributed by atoms with Gasteiger partial charge in [-0.3, -0.25) is 14.2 Å². The number of hydrogen-bond acceptors (Lipinski definition) is 5. The molecular formula is C28H21ClN4O2S. The number of fused-ring (bicyclic) bond motifs is 2. The number of amides is 1. The van der Waals surface area contributed by atoms with Gasteiger partial charge in [0.25, 0.3) is 11.5 Å². The fourth-order valence-electron chi connectivity index (χ4n) is 3.94. The Kier molecular flexibility index (Phi) is 6.84. The van der Waals surface area contributed by atoms with Crippen molar-refractivity contribution in [2.45, 2.75) is 12.1 Å². The summed E-state index contributed by atoms with van der Waals surface area (Å²) in [6.07, 6.45) is 0. The van der Waals surface area contributed by atoms with E-state index in [-0.39, 0.29) is 17.2 Å². The molecule has 36 heavy (non-hydrogen) atoms. The molecule has 1 heterocycles. The molecule has 0 saturated carbocycles. The van der Waals surface area contributed by atoms with Crippen molar-refractivity contribution < 1.29 is 4.79 Å². The van der Waals surface area contributed by atoms with Crippen molar-refractivity contribution in [1.29, 1.82) is 0 Å². The molecule has 5 aromatic rings. The third kappa shape index (κ3) is 4.89. The van der Waals surface area contributed by atoms with Gasteiger partial charge in [0.15, 0.2) is 5.16 Å². The first-order valence-electron chi connectivity index (χ1n) is 11.2. The number of thioether (sulfide) groups is 1. The summed E-state index contributed by atoms with van der Waals surface area (Å²) >= 11 is 7.21. The number of nitrogens with one attached hydrogen (secondary N) is 1. The van der Waals surface area contributed by atoms with Gasteiger partial charge in [0.2, 0.25) is 0 Å². The lowest BCUT2D eigenvalue weighted by molar-refractivity contribution is -0.118. The molecule has 0 unspecified atom stereocenters. The third-order valence-corrected chi connectivity index (χ3v) is 6.88. The second-order valence-electron chi connectivity index (χ2n) is 8.08. The largest absolute Gasteiger partial charge is 0.272 e. The van der Waals surface area contributed by atoms with E-state index in [9.17, 15) is 9.59 Å². The Morgan fingerprint density at radius 1 is 0.944 bits per heavy atom. The average Bonchev–Trinajstić information content (AvgIpc) is 2.91. The first kappa shape index (κ1) is 23.8. The molecule has 0 aliphatic carbocycles. The normalized spacial score (nSPS) is 11.7. The molecule has 0 aliphatic heterocycles. The highest BCUT2D eigenvalue weighted by atomic mass is 35.5. The van der Waals surface area contributed by atoms with E-state index in [1.165, 1.54) is 16.3 Å². The van der Waals surface area contributed by atoms with Crippen molar-refractivity contribution in [3.8, 4) is 5.69 Å². The highest BCUT2D eigenvalue weighted by molar-refractivity contribution is 7.99. The molecule has 4 aromatic carbocycles. The van der Waals surface area contributed by atoms with Crippen LogP contribution in [0.5, 0.6) is 0 Å². The van der Waals surface area contributed by atoms with E-state index in [2.05, 4.69) is 15.5 Å². The third-order valence-electron chi connectivity index (χ3n) is 5.69. The van der Waals surface area contributed by atoms with E-state index < -0.39 is 0 Å². The number of hydrazone groups is 1. The van der Waals surface area contributed by atoms with Crippen LogP contribution in [-0.2, 0) is 4.79 Å². The molecule has 1 N–H and O–H groups in total. The maximum absolute atomic E-state index is 13.3. The quantitative estimate of drug-likeness (QED) is 0.134. The molecule has 0 spiro atoms. The summed E-state index contributed by atoms with van der Waals surface area (Å²) in [6, 6.07) is 28.1. The zero-order valence-electron chi connectivity index (χ0n) is 19.3. The Balaban J connectivity index is 1.39. The molecule has 5 rings (SSSR count). The molecule has 0 radical (unpaired) electrons. The molecule has 1 amide bonds. The number of hydrogen-bond donors (Lipinski definition) is 1. The van der Waals surface area contributed by atoms with Crippen LogP contribution in [0, 0.1) is 0 Å². The van der Waals surface area contributed by atoms with E-state index in [1.54, 1.807) is 42.5 Å². The van der Waals surface area contributed by atoms with Crippen molar-refractivity contribution in [2.75, 3.05) is 5.75 Å². The number of para-hydroxylation sites is 1. The molecule has 0 aliphatic rings. The molecule has 0 atom stereocenters. The molecule has 0 saturated heterocycles. The smallest absolute Gasteiger partial charge is 0.266 e. The van der Waals surface area contributed by atoms with Crippen LogP contribution >= 0.6 is 23.4 Å². The van der Waals surface area contributed by atoms with Crippen LogP contribution < -0.4 is 11.0 Å². The van der Waals surface area contributed by atoms with Crippen molar-refractivity contribution in [3.63, 3.8) is 0 Å². The van der Waals surface area contributed by atoms with E-state index in [0.29, 0.717) is 32.5 Å². The first-order chi connectivity index (χ1) is 17.5. The predicted octanol–water partition coefficient (Wildman–Crippen LogP) is 5.82. The summed E-state index contributed by atoms with van der Waals surface area (Å²) in [5, 5.41) is 7.96. The van der Waals surface area contributed by atoms with Gasteiger partial charge in [-0.15, -0.1) is 0 Å². The second kappa shape index (κ2) is 10.4. The Bertz CT molecular complexity index is 1670. The Hall–Kier alpha value is -3.94. The fourth-order valence-corrected chi connectivity index (χ4v) is 4.87.